The number of aryl methyl sites for hydroxylation is 2. The maximum Gasteiger partial charge on any atom is 0.255 e. The predicted octanol–water partition coefficient (Wildman–Crippen LogP) is 4.39. The van der Waals surface area contributed by atoms with Crippen LogP contribution in [0, 0.1) is 6.92 Å². The summed E-state index contributed by atoms with van der Waals surface area (Å²) < 4.78 is 1.74. The first kappa shape index (κ1) is 19.8. The molecule has 3 aromatic heterocycles. The Labute approximate surface area is 176 Å². The molecule has 0 aliphatic carbocycles. The number of hydrogen-bond acceptors (Lipinski definition) is 4. The Kier molecular flexibility index (Phi) is 5.31. The normalized spacial score (nSPS) is 11.2. The number of carbonyl (C=O) groups is 1. The molecule has 4 rings (SSSR count). The zero-order valence-corrected chi connectivity index (χ0v) is 17.7. The Balaban J connectivity index is 1.83. The van der Waals surface area contributed by atoms with Crippen LogP contribution in [0.5, 0.6) is 0 Å². The lowest BCUT2D eigenvalue weighted by atomic mass is 10.0. The predicted molar refractivity (Wildman–Crippen MR) is 118 cm³/mol. The monoisotopic (exact) mass is 399 g/mol. The Morgan fingerprint density at radius 2 is 2.00 bits per heavy atom. The van der Waals surface area contributed by atoms with E-state index < -0.39 is 0 Å². The van der Waals surface area contributed by atoms with Gasteiger partial charge in [0.05, 0.1) is 23.0 Å². The van der Waals surface area contributed by atoms with E-state index in [0.717, 1.165) is 33.3 Å². The van der Waals surface area contributed by atoms with E-state index in [1.54, 1.807) is 23.3 Å². The number of carbonyl (C=O) groups excluding carboxylic acids is 1. The highest BCUT2D eigenvalue weighted by Gasteiger charge is 2.23. The summed E-state index contributed by atoms with van der Waals surface area (Å²) >= 11 is 0. The topological polar surface area (TPSA) is 63.9 Å². The fourth-order valence-corrected chi connectivity index (χ4v) is 3.55. The number of amides is 1. The zero-order valence-electron chi connectivity index (χ0n) is 17.7. The number of nitrogens with zero attached hydrogens (tertiary/aromatic N) is 5. The summed E-state index contributed by atoms with van der Waals surface area (Å²) in [5, 5.41) is 5.12. The molecule has 0 spiro atoms. The highest BCUT2D eigenvalue weighted by atomic mass is 16.2. The number of aromatic nitrogens is 4. The van der Waals surface area contributed by atoms with Gasteiger partial charge in [-0.2, -0.15) is 5.10 Å². The van der Waals surface area contributed by atoms with Gasteiger partial charge in [-0.3, -0.25) is 14.5 Å². The van der Waals surface area contributed by atoms with E-state index in [2.05, 4.69) is 10.1 Å². The molecule has 0 atom stereocenters. The largest absolute Gasteiger partial charge is 0.332 e. The molecule has 1 amide bonds. The standard InChI is InChI=1S/C24H25N5O/c1-16(2)29(14-18-6-5-9-25-12-18)24(30)21-11-22(19-13-26-28(4)15-19)27-23-10-17(3)7-8-20(21)23/h5-13,15-16H,14H2,1-4H3. The van der Waals surface area contributed by atoms with Crippen molar-refractivity contribution in [1.29, 1.82) is 0 Å². The van der Waals surface area contributed by atoms with Crippen LogP contribution in [-0.2, 0) is 13.6 Å². The van der Waals surface area contributed by atoms with Crippen LogP contribution in [0.3, 0.4) is 0 Å². The quantitative estimate of drug-likeness (QED) is 0.499. The van der Waals surface area contributed by atoms with Gasteiger partial charge in [-0.05, 0) is 50.1 Å². The van der Waals surface area contributed by atoms with Gasteiger partial charge in [0.25, 0.3) is 5.91 Å². The minimum Gasteiger partial charge on any atom is -0.332 e. The molecular formula is C24H25N5O. The number of hydrogen-bond donors (Lipinski definition) is 0. The lowest BCUT2D eigenvalue weighted by Gasteiger charge is -2.27. The molecule has 0 N–H and O–H groups in total. The Morgan fingerprint density at radius 1 is 1.17 bits per heavy atom. The van der Waals surface area contributed by atoms with Gasteiger partial charge in [-0.15, -0.1) is 0 Å². The Bertz CT molecular complexity index is 1200. The molecule has 0 saturated heterocycles. The van der Waals surface area contributed by atoms with Gasteiger partial charge in [-0.1, -0.05) is 18.2 Å². The third kappa shape index (κ3) is 3.94. The summed E-state index contributed by atoms with van der Waals surface area (Å²) in [5.74, 6) is -0.0183. The summed E-state index contributed by atoms with van der Waals surface area (Å²) in [6.07, 6.45) is 7.23. The van der Waals surface area contributed by atoms with Crippen molar-refractivity contribution < 1.29 is 4.79 Å². The number of pyridine rings is 2. The van der Waals surface area contributed by atoms with E-state index >= 15 is 0 Å². The van der Waals surface area contributed by atoms with Crippen molar-refractivity contribution in [2.24, 2.45) is 7.05 Å². The van der Waals surface area contributed by atoms with Gasteiger partial charge in [-0.25, -0.2) is 4.98 Å². The Hall–Kier alpha value is -3.54. The lowest BCUT2D eigenvalue weighted by Crippen LogP contribution is -2.36. The number of rotatable bonds is 5. The molecule has 0 aliphatic rings. The van der Waals surface area contributed by atoms with E-state index in [9.17, 15) is 4.79 Å². The molecule has 3 heterocycles. The first-order valence-electron chi connectivity index (χ1n) is 10.0. The molecule has 0 unspecified atom stereocenters. The summed E-state index contributed by atoms with van der Waals surface area (Å²) in [4.78, 5) is 24.6. The zero-order chi connectivity index (χ0) is 21.3. The maximum absolute atomic E-state index is 13.7. The summed E-state index contributed by atoms with van der Waals surface area (Å²) in [6, 6.07) is 11.8. The molecule has 30 heavy (non-hydrogen) atoms. The second kappa shape index (κ2) is 8.06. The van der Waals surface area contributed by atoms with Crippen molar-refractivity contribution in [2.75, 3.05) is 0 Å². The van der Waals surface area contributed by atoms with Gasteiger partial charge in [0.1, 0.15) is 0 Å². The van der Waals surface area contributed by atoms with Crippen LogP contribution in [0.4, 0.5) is 0 Å². The average Bonchev–Trinajstić information content (AvgIpc) is 3.17. The van der Waals surface area contributed by atoms with Crippen molar-refractivity contribution in [3.8, 4) is 11.3 Å². The molecule has 0 bridgehead atoms. The van der Waals surface area contributed by atoms with Gasteiger partial charge in [0, 0.05) is 49.2 Å². The molecule has 0 fully saturated rings. The van der Waals surface area contributed by atoms with Crippen LogP contribution in [0.15, 0.2) is 61.2 Å². The van der Waals surface area contributed by atoms with Gasteiger partial charge in [0.2, 0.25) is 0 Å². The minimum atomic E-state index is -0.0183. The molecule has 6 heteroatoms. The van der Waals surface area contributed by atoms with Crippen molar-refractivity contribution in [2.45, 2.75) is 33.4 Å². The first-order valence-corrected chi connectivity index (χ1v) is 10.0. The van der Waals surface area contributed by atoms with Crippen molar-refractivity contribution in [3.05, 3.63) is 77.9 Å². The summed E-state index contributed by atoms with van der Waals surface area (Å²) in [5.41, 5.74) is 5.20. The van der Waals surface area contributed by atoms with E-state index in [1.165, 1.54) is 0 Å². The molecule has 6 nitrogen and oxygen atoms in total. The molecular weight excluding hydrogens is 374 g/mol. The lowest BCUT2D eigenvalue weighted by molar-refractivity contribution is 0.0692. The van der Waals surface area contributed by atoms with Gasteiger partial charge >= 0.3 is 0 Å². The van der Waals surface area contributed by atoms with Crippen molar-refractivity contribution in [3.63, 3.8) is 0 Å². The number of benzene rings is 1. The first-order chi connectivity index (χ1) is 14.4. The van der Waals surface area contributed by atoms with Gasteiger partial charge < -0.3 is 4.90 Å². The second-order valence-electron chi connectivity index (χ2n) is 7.87. The highest BCUT2D eigenvalue weighted by molar-refractivity contribution is 6.07. The van der Waals surface area contributed by atoms with Crippen molar-refractivity contribution in [1.82, 2.24) is 24.6 Å². The van der Waals surface area contributed by atoms with E-state index in [4.69, 9.17) is 4.98 Å². The molecule has 0 radical (unpaired) electrons. The molecule has 4 aromatic rings. The van der Waals surface area contributed by atoms with Crippen LogP contribution in [-0.4, -0.2) is 36.6 Å². The highest BCUT2D eigenvalue weighted by Crippen LogP contribution is 2.27. The molecule has 0 aliphatic heterocycles. The smallest absolute Gasteiger partial charge is 0.255 e. The van der Waals surface area contributed by atoms with E-state index in [-0.39, 0.29) is 11.9 Å². The van der Waals surface area contributed by atoms with Crippen LogP contribution < -0.4 is 0 Å². The minimum absolute atomic E-state index is 0.0183. The average molecular weight is 399 g/mol. The summed E-state index contributed by atoms with van der Waals surface area (Å²) in [7, 11) is 1.87. The van der Waals surface area contributed by atoms with Crippen molar-refractivity contribution >= 4 is 16.8 Å². The third-order valence-electron chi connectivity index (χ3n) is 5.16. The third-order valence-corrected chi connectivity index (χ3v) is 5.16. The van der Waals surface area contributed by atoms with Crippen LogP contribution >= 0.6 is 0 Å². The number of fused-ring (bicyclic) bond motifs is 1. The van der Waals surface area contributed by atoms with Crippen LogP contribution in [0.1, 0.15) is 35.3 Å². The Morgan fingerprint density at radius 3 is 2.67 bits per heavy atom. The maximum atomic E-state index is 13.7. The fraction of sp³-hybridized carbons (Fsp3) is 0.250. The van der Waals surface area contributed by atoms with E-state index in [1.807, 2.05) is 75.3 Å². The SMILES string of the molecule is Cc1ccc2c(C(=O)N(Cc3cccnc3)C(C)C)cc(-c3cnn(C)c3)nc2c1. The summed E-state index contributed by atoms with van der Waals surface area (Å²) in [6.45, 7) is 6.60. The van der Waals surface area contributed by atoms with Gasteiger partial charge in [0.15, 0.2) is 0 Å². The van der Waals surface area contributed by atoms with E-state index in [0.29, 0.717) is 12.1 Å². The molecule has 0 saturated carbocycles. The molecule has 152 valence electrons. The molecule has 1 aromatic carbocycles. The van der Waals surface area contributed by atoms with Crippen LogP contribution in [0.2, 0.25) is 0 Å². The second-order valence-corrected chi connectivity index (χ2v) is 7.87. The van der Waals surface area contributed by atoms with Crippen LogP contribution in [0.25, 0.3) is 22.2 Å². The fourth-order valence-electron chi connectivity index (χ4n) is 3.55.